The second-order valence-corrected chi connectivity index (χ2v) is 1.41. The van der Waals surface area contributed by atoms with E-state index in [4.69, 9.17) is 5.73 Å². The summed E-state index contributed by atoms with van der Waals surface area (Å²) in [5.41, 5.74) is 6.18. The Morgan fingerprint density at radius 2 is 1.56 bits per heavy atom. The largest absolute Gasteiger partial charge is 0.399 e. The fourth-order valence-electron chi connectivity index (χ4n) is 0.453. The molecule has 1 aromatic carbocycles. The first-order chi connectivity index (χ1) is 4.39. The van der Waals surface area contributed by atoms with Gasteiger partial charge in [-0.1, -0.05) is 40.8 Å². The lowest BCUT2D eigenvalue weighted by Crippen LogP contribution is -1.79. The van der Waals surface area contributed by atoms with Crippen LogP contribution in [0, 0.1) is 0 Å². The topological polar surface area (TPSA) is 26.0 Å². The Labute approximate surface area is 69.4 Å². The molecule has 2 heteroatoms. The summed E-state index contributed by atoms with van der Waals surface area (Å²) in [7, 11) is 0. The quantitative estimate of drug-likeness (QED) is 0.417. The number of nitrogen functional groups attached to an aromatic ring is 1. The molecule has 0 saturated carbocycles. The van der Waals surface area contributed by atoms with E-state index >= 15 is 0 Å². The van der Waals surface area contributed by atoms with Crippen LogP contribution in [0.1, 0.15) is 0 Å². The molecule has 1 nitrogen and oxygen atoms in total. The Morgan fingerprint density at radius 3 is 1.78 bits per heavy atom. The molecule has 0 saturated heterocycles. The Hall–Kier alpha value is -0.250. The van der Waals surface area contributed by atoms with Crippen LogP contribution in [0.4, 0.5) is 5.69 Å². The van der Waals surface area contributed by atoms with E-state index in [1.165, 1.54) is 0 Å². The maximum absolute atomic E-state index is 5.36. The van der Waals surface area contributed by atoms with Crippen LogP contribution in [-0.4, -0.2) is 4.93 Å². The van der Waals surface area contributed by atoms with E-state index in [0.29, 0.717) is 0 Å². The summed E-state index contributed by atoms with van der Waals surface area (Å²) >= 11 is 2.15. The molecule has 0 aliphatic heterocycles. The van der Waals surface area contributed by atoms with E-state index in [9.17, 15) is 0 Å². The highest BCUT2D eigenvalue weighted by Gasteiger charge is 1.72. The number of rotatable bonds is 0. The zero-order chi connectivity index (χ0) is 7.11. The summed E-state index contributed by atoms with van der Waals surface area (Å²) in [5.74, 6) is 0. The second kappa shape index (κ2) is 5.88. The molecule has 0 aliphatic carbocycles. The van der Waals surface area contributed by atoms with Crippen molar-refractivity contribution < 1.29 is 0 Å². The van der Waals surface area contributed by atoms with Crippen LogP contribution in [0.5, 0.6) is 0 Å². The van der Waals surface area contributed by atoms with Crippen molar-refractivity contribution in [1.82, 2.24) is 0 Å². The zero-order valence-electron chi connectivity index (χ0n) is 5.34. The number of halogens is 1. The summed E-state index contributed by atoms with van der Waals surface area (Å²) in [4.78, 5) is 1.97. The van der Waals surface area contributed by atoms with Gasteiger partial charge in [0.1, 0.15) is 0 Å². The molecule has 0 unspecified atom stereocenters. The van der Waals surface area contributed by atoms with E-state index in [2.05, 4.69) is 22.6 Å². The summed E-state index contributed by atoms with van der Waals surface area (Å²) < 4.78 is 0. The Kier molecular flexibility index (Phi) is 5.72. The second-order valence-electron chi connectivity index (χ2n) is 1.41. The van der Waals surface area contributed by atoms with Crippen LogP contribution in [0.3, 0.4) is 0 Å². The number of benzene rings is 1. The maximum atomic E-state index is 5.36. The van der Waals surface area contributed by atoms with Gasteiger partial charge in [0.2, 0.25) is 0 Å². The average Bonchev–Trinajstić information content (AvgIpc) is 1.94. The average molecular weight is 235 g/mol. The van der Waals surface area contributed by atoms with Crippen LogP contribution in [0.25, 0.3) is 0 Å². The first kappa shape index (κ1) is 8.75. The highest BCUT2D eigenvalue weighted by atomic mass is 127. The maximum Gasteiger partial charge on any atom is 0.0313 e. The summed E-state index contributed by atoms with van der Waals surface area (Å²) in [6.07, 6.45) is 0. The minimum Gasteiger partial charge on any atom is -0.399 e. The Balaban J connectivity index is 0.000000291. The molecule has 0 aliphatic rings. The van der Waals surface area contributed by atoms with E-state index in [-0.39, 0.29) is 0 Å². The lowest BCUT2D eigenvalue weighted by Gasteiger charge is -1.83. The minimum absolute atomic E-state index is 0.822. The molecule has 0 bridgehead atoms. The smallest absolute Gasteiger partial charge is 0.0313 e. The predicted molar refractivity (Wildman–Crippen MR) is 50.8 cm³/mol. The van der Waals surface area contributed by atoms with Gasteiger partial charge < -0.3 is 5.73 Å². The van der Waals surface area contributed by atoms with Crippen molar-refractivity contribution in [3.8, 4) is 0 Å². The van der Waals surface area contributed by atoms with E-state index in [1.807, 2.05) is 35.3 Å². The SMILES string of the molecule is CI.Nc1ccccc1. The van der Waals surface area contributed by atoms with Gasteiger partial charge in [-0.15, -0.1) is 0 Å². The van der Waals surface area contributed by atoms with Crippen LogP contribution >= 0.6 is 22.6 Å². The van der Waals surface area contributed by atoms with Crippen molar-refractivity contribution in [1.29, 1.82) is 0 Å². The Bertz CT molecular complexity index is 139. The lowest BCUT2D eigenvalue weighted by atomic mass is 10.3. The number of hydrogen-bond acceptors (Lipinski definition) is 1. The van der Waals surface area contributed by atoms with Crippen molar-refractivity contribution in [2.45, 2.75) is 0 Å². The number of anilines is 1. The molecule has 0 radical (unpaired) electrons. The lowest BCUT2D eigenvalue weighted by molar-refractivity contribution is 1.69. The molecule has 0 heterocycles. The number of alkyl halides is 1. The highest BCUT2D eigenvalue weighted by Crippen LogP contribution is 1.95. The molecule has 1 aromatic rings. The van der Waals surface area contributed by atoms with Crippen LogP contribution < -0.4 is 5.73 Å². The third-order valence-corrected chi connectivity index (χ3v) is 0.800. The Morgan fingerprint density at radius 1 is 1.11 bits per heavy atom. The van der Waals surface area contributed by atoms with E-state index in [0.717, 1.165) is 5.69 Å². The number of hydrogen-bond donors (Lipinski definition) is 1. The third kappa shape index (κ3) is 4.27. The molecule has 50 valence electrons. The molecule has 0 atom stereocenters. The van der Waals surface area contributed by atoms with E-state index in [1.54, 1.807) is 0 Å². The molecular formula is C7H10IN. The highest BCUT2D eigenvalue weighted by molar-refractivity contribution is 14.1. The molecule has 1 rings (SSSR count). The van der Waals surface area contributed by atoms with Crippen LogP contribution in [-0.2, 0) is 0 Å². The minimum atomic E-state index is 0.822. The van der Waals surface area contributed by atoms with Gasteiger partial charge in [0.15, 0.2) is 0 Å². The molecule has 0 aromatic heterocycles. The van der Waals surface area contributed by atoms with Crippen molar-refractivity contribution >= 4 is 28.3 Å². The number of para-hydroxylation sites is 1. The van der Waals surface area contributed by atoms with Gasteiger partial charge in [0.05, 0.1) is 0 Å². The number of nitrogens with two attached hydrogens (primary N) is 1. The van der Waals surface area contributed by atoms with Gasteiger partial charge in [-0.3, -0.25) is 0 Å². The van der Waals surface area contributed by atoms with Crippen molar-refractivity contribution in [2.75, 3.05) is 10.7 Å². The molecule has 0 fully saturated rings. The van der Waals surface area contributed by atoms with Crippen LogP contribution in [0.2, 0.25) is 0 Å². The predicted octanol–water partition coefficient (Wildman–Crippen LogP) is 2.32. The van der Waals surface area contributed by atoms with Gasteiger partial charge in [0.25, 0.3) is 0 Å². The van der Waals surface area contributed by atoms with Crippen molar-refractivity contribution in [2.24, 2.45) is 0 Å². The zero-order valence-corrected chi connectivity index (χ0v) is 7.50. The fraction of sp³-hybridized carbons (Fsp3) is 0.143. The van der Waals surface area contributed by atoms with Gasteiger partial charge in [-0.2, -0.15) is 0 Å². The van der Waals surface area contributed by atoms with Crippen LogP contribution in [0.15, 0.2) is 30.3 Å². The summed E-state index contributed by atoms with van der Waals surface area (Å²) in [5, 5.41) is 0. The summed E-state index contributed by atoms with van der Waals surface area (Å²) in [6.45, 7) is 0. The van der Waals surface area contributed by atoms with Gasteiger partial charge in [-0.25, -0.2) is 0 Å². The first-order valence-corrected chi connectivity index (χ1v) is 4.73. The van der Waals surface area contributed by atoms with Gasteiger partial charge in [0, 0.05) is 5.69 Å². The third-order valence-electron chi connectivity index (χ3n) is 0.800. The fourth-order valence-corrected chi connectivity index (χ4v) is 0.453. The monoisotopic (exact) mass is 235 g/mol. The standard InChI is InChI=1S/C6H7N.CH3I/c7-6-4-2-1-3-5-6;1-2/h1-5H,7H2;1H3. The summed E-state index contributed by atoms with van der Waals surface area (Å²) in [6, 6.07) is 9.49. The molecule has 9 heavy (non-hydrogen) atoms. The van der Waals surface area contributed by atoms with Crippen molar-refractivity contribution in [3.63, 3.8) is 0 Å². The van der Waals surface area contributed by atoms with E-state index < -0.39 is 0 Å². The molecule has 0 amide bonds. The van der Waals surface area contributed by atoms with Gasteiger partial charge >= 0.3 is 0 Å². The molecular weight excluding hydrogens is 225 g/mol. The first-order valence-electron chi connectivity index (χ1n) is 2.58. The molecule has 0 spiro atoms. The molecule has 2 N–H and O–H groups in total. The normalized spacial score (nSPS) is 7.33. The van der Waals surface area contributed by atoms with Crippen molar-refractivity contribution in [3.05, 3.63) is 30.3 Å². The van der Waals surface area contributed by atoms with Gasteiger partial charge in [-0.05, 0) is 17.1 Å².